The van der Waals surface area contributed by atoms with Crippen molar-refractivity contribution in [2.24, 2.45) is 0 Å². The van der Waals surface area contributed by atoms with Gasteiger partial charge >= 0.3 is 0 Å². The third-order valence-corrected chi connectivity index (χ3v) is 2.62. The molecule has 0 saturated carbocycles. The molecule has 6 nitrogen and oxygen atoms in total. The molecule has 0 radical (unpaired) electrons. The van der Waals surface area contributed by atoms with Crippen LogP contribution in [0.15, 0.2) is 55.0 Å². The molecule has 1 aromatic heterocycles. The average Bonchev–Trinajstić information content (AvgIpc) is 2.85. The first-order valence-corrected chi connectivity index (χ1v) is 6.49. The van der Waals surface area contributed by atoms with Crippen molar-refractivity contribution in [3.05, 3.63) is 60.6 Å². The molecule has 0 spiro atoms. The number of amides is 1. The first-order valence-electron chi connectivity index (χ1n) is 6.49. The fourth-order valence-electron chi connectivity index (χ4n) is 1.69. The molecule has 2 aromatic rings. The Morgan fingerprint density at radius 2 is 2.14 bits per heavy atom. The topological polar surface area (TPSA) is 82.8 Å². The van der Waals surface area contributed by atoms with Crippen LogP contribution < -0.4 is 10.6 Å². The lowest BCUT2D eigenvalue weighted by Gasteiger charge is -2.04. The molecule has 0 aliphatic carbocycles. The molecule has 1 heterocycles. The first-order chi connectivity index (χ1) is 10.1. The summed E-state index contributed by atoms with van der Waals surface area (Å²) in [7, 11) is 0. The highest BCUT2D eigenvalue weighted by Gasteiger charge is 2.04. The number of benzene rings is 1. The zero-order valence-corrected chi connectivity index (χ0v) is 11.7. The predicted molar refractivity (Wildman–Crippen MR) is 82.0 cm³/mol. The van der Waals surface area contributed by atoms with Crippen molar-refractivity contribution < 1.29 is 4.79 Å². The number of aryl methyl sites for hydroxylation is 1. The monoisotopic (exact) mass is 283 g/mol. The van der Waals surface area contributed by atoms with Crippen LogP contribution in [0.4, 0.5) is 5.69 Å². The Morgan fingerprint density at radius 1 is 1.38 bits per heavy atom. The fourth-order valence-corrected chi connectivity index (χ4v) is 1.69. The summed E-state index contributed by atoms with van der Waals surface area (Å²) in [5.74, 6) is -0.264. The van der Waals surface area contributed by atoms with E-state index in [-0.39, 0.29) is 18.3 Å². The highest BCUT2D eigenvalue weighted by Crippen LogP contribution is 2.04. The van der Waals surface area contributed by atoms with Gasteiger partial charge in [-0.3, -0.25) is 14.9 Å². The number of anilines is 1. The Morgan fingerprint density at radius 3 is 2.81 bits per heavy atom. The molecular weight excluding hydrogens is 266 g/mol. The van der Waals surface area contributed by atoms with E-state index in [0.717, 1.165) is 11.3 Å². The molecule has 0 bridgehead atoms. The van der Waals surface area contributed by atoms with Crippen LogP contribution in [-0.4, -0.2) is 21.5 Å². The number of hydrogen-bond acceptors (Lipinski definition) is 4. The van der Waals surface area contributed by atoms with Crippen LogP contribution in [0, 0.1) is 12.3 Å². The SMILES string of the molecule is Cc1cnn(CC(=O)NC(=N)/C=C\Nc2ccccc2)c1. The summed E-state index contributed by atoms with van der Waals surface area (Å²) in [5, 5.41) is 17.2. The molecule has 1 amide bonds. The minimum Gasteiger partial charge on any atom is -0.362 e. The van der Waals surface area contributed by atoms with Gasteiger partial charge in [-0.15, -0.1) is 0 Å². The largest absolute Gasteiger partial charge is 0.362 e. The fraction of sp³-hybridized carbons (Fsp3) is 0.133. The van der Waals surface area contributed by atoms with Crippen LogP contribution in [0.3, 0.4) is 0 Å². The van der Waals surface area contributed by atoms with E-state index in [1.165, 1.54) is 10.8 Å². The zero-order valence-electron chi connectivity index (χ0n) is 11.7. The van der Waals surface area contributed by atoms with E-state index >= 15 is 0 Å². The summed E-state index contributed by atoms with van der Waals surface area (Å²) < 4.78 is 1.53. The highest BCUT2D eigenvalue weighted by molar-refractivity contribution is 6.02. The quantitative estimate of drug-likeness (QED) is 0.579. The second-order valence-corrected chi connectivity index (χ2v) is 4.52. The number of rotatable bonds is 5. The summed E-state index contributed by atoms with van der Waals surface area (Å²) in [6.45, 7) is 2.00. The van der Waals surface area contributed by atoms with E-state index in [1.807, 2.05) is 37.3 Å². The molecule has 21 heavy (non-hydrogen) atoms. The van der Waals surface area contributed by atoms with Gasteiger partial charge in [0.25, 0.3) is 0 Å². The normalized spacial score (nSPS) is 10.5. The van der Waals surface area contributed by atoms with Crippen molar-refractivity contribution in [3.63, 3.8) is 0 Å². The number of hydrogen-bond donors (Lipinski definition) is 3. The molecule has 0 saturated heterocycles. The Balaban J connectivity index is 1.77. The van der Waals surface area contributed by atoms with E-state index in [9.17, 15) is 4.79 Å². The van der Waals surface area contributed by atoms with Crippen molar-refractivity contribution in [1.82, 2.24) is 15.1 Å². The molecule has 0 aliphatic heterocycles. The number of nitrogens with one attached hydrogen (secondary N) is 3. The van der Waals surface area contributed by atoms with E-state index < -0.39 is 0 Å². The molecule has 108 valence electrons. The highest BCUT2D eigenvalue weighted by atomic mass is 16.2. The van der Waals surface area contributed by atoms with Gasteiger partial charge in [0, 0.05) is 18.1 Å². The lowest BCUT2D eigenvalue weighted by molar-refractivity contribution is -0.120. The molecule has 0 aliphatic rings. The van der Waals surface area contributed by atoms with E-state index in [1.54, 1.807) is 18.6 Å². The molecule has 1 aromatic carbocycles. The summed E-state index contributed by atoms with van der Waals surface area (Å²) in [4.78, 5) is 11.7. The Hall–Kier alpha value is -2.89. The molecule has 2 rings (SSSR count). The van der Waals surface area contributed by atoms with E-state index in [2.05, 4.69) is 15.7 Å². The summed E-state index contributed by atoms with van der Waals surface area (Å²) in [6.07, 6.45) is 6.55. The van der Waals surface area contributed by atoms with Gasteiger partial charge in [-0.2, -0.15) is 5.10 Å². The van der Waals surface area contributed by atoms with Crippen LogP contribution >= 0.6 is 0 Å². The lowest BCUT2D eigenvalue weighted by Crippen LogP contribution is -2.31. The second kappa shape index (κ2) is 7.04. The van der Waals surface area contributed by atoms with Gasteiger partial charge in [-0.1, -0.05) is 18.2 Å². The third kappa shape index (κ3) is 4.94. The number of carbonyl (C=O) groups is 1. The molecule has 0 unspecified atom stereocenters. The average molecular weight is 283 g/mol. The second-order valence-electron chi connectivity index (χ2n) is 4.52. The molecular formula is C15H17N5O. The number of para-hydroxylation sites is 1. The van der Waals surface area contributed by atoms with Gasteiger partial charge in [-0.05, 0) is 30.7 Å². The smallest absolute Gasteiger partial charge is 0.247 e. The number of nitrogens with zero attached hydrogens (tertiary/aromatic N) is 2. The van der Waals surface area contributed by atoms with Gasteiger partial charge in [0.05, 0.1) is 6.20 Å². The van der Waals surface area contributed by atoms with Crippen LogP contribution in [0.1, 0.15) is 5.56 Å². The lowest BCUT2D eigenvalue weighted by atomic mass is 10.3. The summed E-state index contributed by atoms with van der Waals surface area (Å²) in [6, 6.07) is 9.57. The van der Waals surface area contributed by atoms with Gasteiger partial charge in [0.15, 0.2) is 0 Å². The van der Waals surface area contributed by atoms with Gasteiger partial charge in [-0.25, -0.2) is 0 Å². The minimum atomic E-state index is -0.285. The first kappa shape index (κ1) is 14.5. The zero-order chi connectivity index (χ0) is 15.1. The maximum atomic E-state index is 11.7. The van der Waals surface area contributed by atoms with Gasteiger partial charge in [0.2, 0.25) is 5.91 Å². The van der Waals surface area contributed by atoms with Crippen molar-refractivity contribution in [3.8, 4) is 0 Å². The third-order valence-electron chi connectivity index (χ3n) is 2.62. The van der Waals surface area contributed by atoms with Crippen molar-refractivity contribution >= 4 is 17.4 Å². The maximum Gasteiger partial charge on any atom is 0.247 e. The summed E-state index contributed by atoms with van der Waals surface area (Å²) in [5.41, 5.74) is 1.91. The molecule has 0 fully saturated rings. The van der Waals surface area contributed by atoms with Gasteiger partial charge in [0.1, 0.15) is 12.4 Å². The van der Waals surface area contributed by atoms with E-state index in [0.29, 0.717) is 0 Å². The van der Waals surface area contributed by atoms with Crippen LogP contribution in [0.2, 0.25) is 0 Å². The van der Waals surface area contributed by atoms with Crippen molar-refractivity contribution in [2.45, 2.75) is 13.5 Å². The Kier molecular flexibility index (Phi) is 4.87. The predicted octanol–water partition coefficient (Wildman–Crippen LogP) is 1.91. The van der Waals surface area contributed by atoms with Crippen LogP contribution in [0.5, 0.6) is 0 Å². The minimum absolute atomic E-state index is 0.0207. The van der Waals surface area contributed by atoms with Crippen molar-refractivity contribution in [2.75, 3.05) is 5.32 Å². The Bertz CT molecular complexity index is 645. The van der Waals surface area contributed by atoms with Crippen molar-refractivity contribution in [1.29, 1.82) is 5.41 Å². The standard InChI is InChI=1S/C15H17N5O/c1-12-9-18-20(10-12)11-15(21)19-14(16)7-8-17-13-5-3-2-4-6-13/h2-10,17H,11H2,1H3,(H2,16,19,21)/b8-7-. The Labute approximate surface area is 123 Å². The number of carbonyl (C=O) groups excluding carboxylic acids is 1. The van der Waals surface area contributed by atoms with Crippen LogP contribution in [0.25, 0.3) is 0 Å². The van der Waals surface area contributed by atoms with Crippen LogP contribution in [-0.2, 0) is 11.3 Å². The number of amidine groups is 1. The van der Waals surface area contributed by atoms with Gasteiger partial charge < -0.3 is 10.6 Å². The number of aromatic nitrogens is 2. The molecule has 3 N–H and O–H groups in total. The molecule has 6 heteroatoms. The van der Waals surface area contributed by atoms with E-state index in [4.69, 9.17) is 5.41 Å². The maximum absolute atomic E-state index is 11.7. The molecule has 0 atom stereocenters. The summed E-state index contributed by atoms with van der Waals surface area (Å²) >= 11 is 0.